The first-order chi connectivity index (χ1) is 14.8. The molecule has 0 unspecified atom stereocenters. The predicted molar refractivity (Wildman–Crippen MR) is 123 cm³/mol. The van der Waals surface area contributed by atoms with Crippen LogP contribution in [0.4, 0.5) is 4.79 Å². The van der Waals surface area contributed by atoms with Crippen LogP contribution in [-0.4, -0.2) is 60.0 Å². The van der Waals surface area contributed by atoms with Crippen molar-refractivity contribution >= 4 is 23.3 Å². The first-order valence-corrected chi connectivity index (χ1v) is 11.5. The molecule has 0 bridgehead atoms. The van der Waals surface area contributed by atoms with Crippen LogP contribution < -0.4 is 10.1 Å². The van der Waals surface area contributed by atoms with Crippen LogP contribution in [0.15, 0.2) is 29.6 Å². The molecule has 0 aliphatic carbocycles. The number of hydrogen-bond donors (Lipinski definition) is 1. The van der Waals surface area contributed by atoms with E-state index in [-0.39, 0.29) is 17.4 Å². The minimum Gasteiger partial charge on any atom is -0.497 e. The van der Waals surface area contributed by atoms with E-state index < -0.39 is 0 Å². The number of benzene rings is 1. The second-order valence-corrected chi connectivity index (χ2v) is 9.63. The number of hydrogen-bond acceptors (Lipinski definition) is 5. The summed E-state index contributed by atoms with van der Waals surface area (Å²) in [4.78, 5) is 33.3. The van der Waals surface area contributed by atoms with Crippen molar-refractivity contribution in [3.63, 3.8) is 0 Å². The lowest BCUT2D eigenvalue weighted by atomic mass is 9.98. The molecule has 3 rings (SSSR count). The molecule has 2 heterocycles. The molecule has 31 heavy (non-hydrogen) atoms. The van der Waals surface area contributed by atoms with Crippen molar-refractivity contribution in [2.75, 3.05) is 33.3 Å². The summed E-state index contributed by atoms with van der Waals surface area (Å²) in [6.45, 7) is 9.05. The van der Waals surface area contributed by atoms with Gasteiger partial charge in [-0.25, -0.2) is 9.78 Å². The molecule has 0 saturated carbocycles. The molecule has 1 saturated heterocycles. The minimum absolute atomic E-state index is 0.0170. The summed E-state index contributed by atoms with van der Waals surface area (Å²) in [6, 6.07) is 7.69. The van der Waals surface area contributed by atoms with E-state index in [1.54, 1.807) is 23.3 Å². The summed E-state index contributed by atoms with van der Waals surface area (Å²) >= 11 is 1.63. The lowest BCUT2D eigenvalue weighted by Gasteiger charge is -2.34. The predicted octanol–water partition coefficient (Wildman–Crippen LogP) is 3.44. The van der Waals surface area contributed by atoms with Gasteiger partial charge in [-0.2, -0.15) is 0 Å². The molecule has 1 N–H and O–H groups in total. The van der Waals surface area contributed by atoms with E-state index in [0.29, 0.717) is 45.6 Å². The van der Waals surface area contributed by atoms with Crippen molar-refractivity contribution in [1.29, 1.82) is 0 Å². The van der Waals surface area contributed by atoms with Gasteiger partial charge >= 0.3 is 6.03 Å². The molecule has 168 valence electrons. The number of thiazole rings is 1. The highest BCUT2D eigenvalue weighted by molar-refractivity contribution is 7.09. The van der Waals surface area contributed by atoms with Crippen LogP contribution in [-0.2, 0) is 23.2 Å². The quantitative estimate of drug-likeness (QED) is 0.741. The smallest absolute Gasteiger partial charge is 0.317 e. The van der Waals surface area contributed by atoms with Crippen molar-refractivity contribution in [3.05, 3.63) is 45.9 Å². The molecule has 0 atom stereocenters. The third kappa shape index (κ3) is 6.43. The van der Waals surface area contributed by atoms with Gasteiger partial charge in [0.25, 0.3) is 0 Å². The molecular weight excluding hydrogens is 412 g/mol. The van der Waals surface area contributed by atoms with Crippen molar-refractivity contribution < 1.29 is 14.3 Å². The molecule has 3 amide bonds. The van der Waals surface area contributed by atoms with Gasteiger partial charge in [-0.1, -0.05) is 32.9 Å². The molecule has 1 aliphatic heterocycles. The Kier molecular flexibility index (Phi) is 7.54. The van der Waals surface area contributed by atoms with E-state index in [9.17, 15) is 9.59 Å². The number of urea groups is 1. The maximum Gasteiger partial charge on any atom is 0.317 e. The molecule has 8 heteroatoms. The van der Waals surface area contributed by atoms with Crippen LogP contribution in [0.1, 0.15) is 43.5 Å². The number of carbonyl (C=O) groups excluding carboxylic acids is 2. The fourth-order valence-corrected chi connectivity index (χ4v) is 4.28. The summed E-state index contributed by atoms with van der Waals surface area (Å²) < 4.78 is 5.16. The SMILES string of the molecule is COc1ccc(CCC(=O)N2CCN(C(=O)NCc3csc(C(C)(C)C)n3)CC2)cc1. The van der Waals surface area contributed by atoms with Gasteiger partial charge in [0.15, 0.2) is 0 Å². The Morgan fingerprint density at radius 3 is 2.32 bits per heavy atom. The third-order valence-corrected chi connectivity index (χ3v) is 6.64. The molecule has 7 nitrogen and oxygen atoms in total. The summed E-state index contributed by atoms with van der Waals surface area (Å²) in [5.74, 6) is 0.946. The van der Waals surface area contributed by atoms with Gasteiger partial charge in [0.05, 0.1) is 24.4 Å². The Morgan fingerprint density at radius 1 is 1.10 bits per heavy atom. The van der Waals surface area contributed by atoms with Gasteiger partial charge in [-0.3, -0.25) is 4.79 Å². The molecule has 1 aromatic carbocycles. The second-order valence-electron chi connectivity index (χ2n) is 8.77. The number of amides is 3. The Labute approximate surface area is 188 Å². The van der Waals surface area contributed by atoms with Gasteiger partial charge in [0.2, 0.25) is 5.91 Å². The zero-order chi connectivity index (χ0) is 22.4. The van der Waals surface area contributed by atoms with Gasteiger partial charge < -0.3 is 19.9 Å². The normalized spacial score (nSPS) is 14.5. The van der Waals surface area contributed by atoms with Crippen LogP contribution in [0.2, 0.25) is 0 Å². The van der Waals surface area contributed by atoms with E-state index in [1.807, 2.05) is 34.5 Å². The summed E-state index contributed by atoms with van der Waals surface area (Å²) in [6.07, 6.45) is 1.17. The van der Waals surface area contributed by atoms with Crippen molar-refractivity contribution in [2.24, 2.45) is 0 Å². The molecule has 0 spiro atoms. The van der Waals surface area contributed by atoms with Crippen molar-refractivity contribution in [1.82, 2.24) is 20.1 Å². The maximum absolute atomic E-state index is 12.5. The van der Waals surface area contributed by atoms with E-state index >= 15 is 0 Å². The van der Waals surface area contributed by atoms with E-state index in [0.717, 1.165) is 22.0 Å². The van der Waals surface area contributed by atoms with E-state index in [4.69, 9.17) is 4.74 Å². The van der Waals surface area contributed by atoms with Gasteiger partial charge in [-0.05, 0) is 24.1 Å². The maximum atomic E-state index is 12.5. The Bertz CT molecular complexity index is 881. The highest BCUT2D eigenvalue weighted by atomic mass is 32.1. The number of nitrogens with zero attached hydrogens (tertiary/aromatic N) is 3. The topological polar surface area (TPSA) is 74.8 Å². The third-order valence-electron chi connectivity index (χ3n) is 5.32. The Balaban J connectivity index is 1.39. The zero-order valence-electron chi connectivity index (χ0n) is 18.8. The van der Waals surface area contributed by atoms with E-state index in [2.05, 4.69) is 31.1 Å². The van der Waals surface area contributed by atoms with Gasteiger partial charge in [-0.15, -0.1) is 11.3 Å². The summed E-state index contributed by atoms with van der Waals surface area (Å²) in [5, 5.41) is 6.02. The van der Waals surface area contributed by atoms with Gasteiger partial charge in [0.1, 0.15) is 5.75 Å². The van der Waals surface area contributed by atoms with Crippen LogP contribution >= 0.6 is 11.3 Å². The number of rotatable bonds is 6. The van der Waals surface area contributed by atoms with Crippen LogP contribution in [0, 0.1) is 0 Å². The fourth-order valence-electron chi connectivity index (χ4n) is 3.37. The monoisotopic (exact) mass is 444 g/mol. The number of aryl methyl sites for hydroxylation is 1. The number of piperazine rings is 1. The zero-order valence-corrected chi connectivity index (χ0v) is 19.6. The van der Waals surface area contributed by atoms with Crippen molar-refractivity contribution in [2.45, 2.75) is 45.6 Å². The van der Waals surface area contributed by atoms with Gasteiger partial charge in [0, 0.05) is 43.4 Å². The standard InChI is InChI=1S/C23H32N4O3S/c1-23(2,3)21-25-18(16-31-21)15-24-22(29)27-13-11-26(12-14-27)20(28)10-7-17-5-8-19(30-4)9-6-17/h5-6,8-9,16H,7,10-15H2,1-4H3,(H,24,29). The van der Waals surface area contributed by atoms with Crippen LogP contribution in [0.25, 0.3) is 0 Å². The molecular formula is C23H32N4O3S. The minimum atomic E-state index is -0.101. The van der Waals surface area contributed by atoms with E-state index in [1.165, 1.54) is 0 Å². The summed E-state index contributed by atoms with van der Waals surface area (Å²) in [7, 11) is 1.64. The van der Waals surface area contributed by atoms with Crippen LogP contribution in [0.5, 0.6) is 5.75 Å². The van der Waals surface area contributed by atoms with Crippen molar-refractivity contribution in [3.8, 4) is 5.75 Å². The highest BCUT2D eigenvalue weighted by Gasteiger charge is 2.24. The lowest BCUT2D eigenvalue weighted by molar-refractivity contribution is -0.132. The summed E-state index contributed by atoms with van der Waals surface area (Å²) in [5.41, 5.74) is 2.02. The number of carbonyl (C=O) groups is 2. The Morgan fingerprint density at radius 2 is 1.74 bits per heavy atom. The second kappa shape index (κ2) is 10.1. The number of nitrogens with one attached hydrogen (secondary N) is 1. The lowest BCUT2D eigenvalue weighted by Crippen LogP contribution is -2.53. The largest absolute Gasteiger partial charge is 0.497 e. The number of aromatic nitrogens is 1. The molecule has 2 aromatic rings. The molecule has 1 fully saturated rings. The number of ether oxygens (including phenoxy) is 1. The molecule has 0 radical (unpaired) electrons. The van der Waals surface area contributed by atoms with Crippen LogP contribution in [0.3, 0.4) is 0 Å². The first kappa shape index (κ1) is 23.1. The highest BCUT2D eigenvalue weighted by Crippen LogP contribution is 2.25. The number of methoxy groups -OCH3 is 1. The average Bonchev–Trinajstić information content (AvgIpc) is 3.26. The average molecular weight is 445 g/mol. The fraction of sp³-hybridized carbons (Fsp3) is 0.522. The molecule has 1 aromatic heterocycles. The Hall–Kier alpha value is -2.61. The molecule has 1 aliphatic rings. The first-order valence-electron chi connectivity index (χ1n) is 10.6.